The highest BCUT2D eigenvalue weighted by Gasteiger charge is 2.21. The van der Waals surface area contributed by atoms with Crippen molar-refractivity contribution in [3.63, 3.8) is 0 Å². The standard InChI is InChI=1S/C8H5N3O/c9-4-5-1-2-10-6-3-7(12)11-8(5)6/h1-2H,3H2,(H,11,12). The van der Waals surface area contributed by atoms with Gasteiger partial charge >= 0.3 is 0 Å². The van der Waals surface area contributed by atoms with E-state index in [2.05, 4.69) is 10.3 Å². The zero-order valence-corrected chi connectivity index (χ0v) is 6.16. The van der Waals surface area contributed by atoms with Gasteiger partial charge in [-0.1, -0.05) is 0 Å². The molecule has 1 N–H and O–H groups in total. The van der Waals surface area contributed by atoms with E-state index in [0.717, 1.165) is 0 Å². The van der Waals surface area contributed by atoms with Gasteiger partial charge in [0.2, 0.25) is 5.91 Å². The molecule has 0 aromatic carbocycles. The number of hydrogen-bond acceptors (Lipinski definition) is 3. The summed E-state index contributed by atoms with van der Waals surface area (Å²) in [6.45, 7) is 0. The number of carbonyl (C=O) groups is 1. The summed E-state index contributed by atoms with van der Waals surface area (Å²) in [6, 6.07) is 3.58. The van der Waals surface area contributed by atoms with E-state index >= 15 is 0 Å². The van der Waals surface area contributed by atoms with Gasteiger partial charge in [0.25, 0.3) is 0 Å². The van der Waals surface area contributed by atoms with Crippen LogP contribution in [0.25, 0.3) is 0 Å². The summed E-state index contributed by atoms with van der Waals surface area (Å²) in [6.07, 6.45) is 1.82. The van der Waals surface area contributed by atoms with E-state index in [9.17, 15) is 4.79 Å². The second-order valence-corrected chi connectivity index (χ2v) is 2.52. The van der Waals surface area contributed by atoms with E-state index in [1.54, 1.807) is 6.07 Å². The van der Waals surface area contributed by atoms with E-state index in [1.165, 1.54) is 6.20 Å². The van der Waals surface area contributed by atoms with Crippen LogP contribution in [0.4, 0.5) is 5.69 Å². The fourth-order valence-electron chi connectivity index (χ4n) is 1.21. The van der Waals surface area contributed by atoms with Crippen molar-refractivity contribution in [3.05, 3.63) is 23.5 Å². The molecule has 0 unspecified atom stereocenters. The fourth-order valence-corrected chi connectivity index (χ4v) is 1.21. The Kier molecular flexibility index (Phi) is 1.31. The van der Waals surface area contributed by atoms with Crippen LogP contribution >= 0.6 is 0 Å². The van der Waals surface area contributed by atoms with E-state index in [4.69, 9.17) is 5.26 Å². The molecule has 4 nitrogen and oxygen atoms in total. The third kappa shape index (κ3) is 0.839. The number of nitriles is 1. The Balaban J connectivity index is 2.60. The van der Waals surface area contributed by atoms with Gasteiger partial charge in [-0.15, -0.1) is 0 Å². The summed E-state index contributed by atoms with van der Waals surface area (Å²) in [4.78, 5) is 14.9. The Bertz CT molecular complexity index is 392. The molecule has 58 valence electrons. The predicted molar refractivity (Wildman–Crippen MR) is 41.3 cm³/mol. The maximum atomic E-state index is 10.9. The third-order valence-corrected chi connectivity index (χ3v) is 1.74. The number of anilines is 1. The lowest BCUT2D eigenvalue weighted by atomic mass is 10.2. The molecule has 0 atom stereocenters. The van der Waals surface area contributed by atoms with Gasteiger partial charge in [0.1, 0.15) is 6.07 Å². The summed E-state index contributed by atoms with van der Waals surface area (Å²) in [5.41, 5.74) is 1.72. The van der Waals surface area contributed by atoms with Gasteiger partial charge in [0.15, 0.2) is 0 Å². The van der Waals surface area contributed by atoms with Crippen molar-refractivity contribution in [3.8, 4) is 6.07 Å². The first-order valence-corrected chi connectivity index (χ1v) is 3.49. The van der Waals surface area contributed by atoms with Crippen LogP contribution in [0.15, 0.2) is 12.3 Å². The second-order valence-electron chi connectivity index (χ2n) is 2.52. The highest BCUT2D eigenvalue weighted by atomic mass is 16.1. The number of fused-ring (bicyclic) bond motifs is 1. The molecule has 4 heteroatoms. The molecule has 1 aromatic heterocycles. The Morgan fingerprint density at radius 1 is 1.67 bits per heavy atom. The number of nitrogens with one attached hydrogen (secondary N) is 1. The highest BCUT2D eigenvalue weighted by molar-refractivity contribution is 5.99. The summed E-state index contributed by atoms with van der Waals surface area (Å²) >= 11 is 0. The lowest BCUT2D eigenvalue weighted by Crippen LogP contribution is -2.04. The van der Waals surface area contributed by atoms with Crippen LogP contribution in [-0.2, 0) is 11.2 Å². The molecule has 12 heavy (non-hydrogen) atoms. The molecular formula is C8H5N3O. The first kappa shape index (κ1) is 6.80. The molecule has 0 radical (unpaired) electrons. The molecule has 0 saturated carbocycles. The zero-order valence-electron chi connectivity index (χ0n) is 6.16. The molecule has 2 rings (SSSR count). The molecule has 2 heterocycles. The van der Waals surface area contributed by atoms with Crippen molar-refractivity contribution in [2.24, 2.45) is 0 Å². The van der Waals surface area contributed by atoms with Gasteiger partial charge in [0, 0.05) is 6.20 Å². The van der Waals surface area contributed by atoms with Gasteiger partial charge in [-0.05, 0) is 6.07 Å². The average Bonchev–Trinajstić information content (AvgIpc) is 2.44. The van der Waals surface area contributed by atoms with Crippen molar-refractivity contribution in [1.29, 1.82) is 5.26 Å². The summed E-state index contributed by atoms with van der Waals surface area (Å²) in [5, 5.41) is 11.3. The van der Waals surface area contributed by atoms with Crippen molar-refractivity contribution >= 4 is 11.6 Å². The molecule has 0 aliphatic carbocycles. The van der Waals surface area contributed by atoms with Crippen LogP contribution in [0.2, 0.25) is 0 Å². The molecule has 0 saturated heterocycles. The number of pyridine rings is 1. The Morgan fingerprint density at radius 3 is 3.25 bits per heavy atom. The van der Waals surface area contributed by atoms with Crippen LogP contribution in [0, 0.1) is 11.3 Å². The van der Waals surface area contributed by atoms with E-state index in [-0.39, 0.29) is 12.3 Å². The fraction of sp³-hybridized carbons (Fsp3) is 0.125. The number of nitrogens with zero attached hydrogens (tertiary/aromatic N) is 2. The molecule has 0 bridgehead atoms. The Labute approximate surface area is 68.8 Å². The number of rotatable bonds is 0. The molecule has 0 spiro atoms. The van der Waals surface area contributed by atoms with Gasteiger partial charge in [-0.2, -0.15) is 5.26 Å². The van der Waals surface area contributed by atoms with Crippen molar-refractivity contribution in [1.82, 2.24) is 4.98 Å². The van der Waals surface area contributed by atoms with Gasteiger partial charge in [-0.3, -0.25) is 9.78 Å². The van der Waals surface area contributed by atoms with Crippen LogP contribution in [0.3, 0.4) is 0 Å². The van der Waals surface area contributed by atoms with Crippen LogP contribution in [0.1, 0.15) is 11.3 Å². The maximum Gasteiger partial charge on any atom is 0.230 e. The average molecular weight is 159 g/mol. The topological polar surface area (TPSA) is 65.8 Å². The smallest absolute Gasteiger partial charge is 0.230 e. The lowest BCUT2D eigenvalue weighted by Gasteiger charge is -1.97. The maximum absolute atomic E-state index is 10.9. The minimum Gasteiger partial charge on any atom is -0.323 e. The summed E-state index contributed by atoms with van der Waals surface area (Å²) < 4.78 is 0. The minimum atomic E-state index is -0.0970. The van der Waals surface area contributed by atoms with E-state index in [1.807, 2.05) is 6.07 Å². The normalized spacial score (nSPS) is 13.4. The summed E-state index contributed by atoms with van der Waals surface area (Å²) in [5.74, 6) is -0.0970. The Hall–Kier alpha value is -1.89. The molecule has 1 amide bonds. The number of hydrogen-bond donors (Lipinski definition) is 1. The molecule has 1 aliphatic rings. The van der Waals surface area contributed by atoms with Crippen LogP contribution in [-0.4, -0.2) is 10.9 Å². The molecule has 1 aliphatic heterocycles. The van der Waals surface area contributed by atoms with Gasteiger partial charge in [0.05, 0.1) is 23.4 Å². The molecule has 1 aromatic rings. The monoisotopic (exact) mass is 159 g/mol. The van der Waals surface area contributed by atoms with Crippen molar-refractivity contribution < 1.29 is 4.79 Å². The van der Waals surface area contributed by atoms with Crippen molar-refractivity contribution in [2.75, 3.05) is 5.32 Å². The predicted octanol–water partition coefficient (Wildman–Crippen LogP) is 0.448. The first-order valence-electron chi connectivity index (χ1n) is 3.49. The number of carbonyl (C=O) groups excluding carboxylic acids is 1. The van der Waals surface area contributed by atoms with Crippen LogP contribution < -0.4 is 5.32 Å². The number of aromatic nitrogens is 1. The van der Waals surface area contributed by atoms with Crippen molar-refractivity contribution in [2.45, 2.75) is 6.42 Å². The third-order valence-electron chi connectivity index (χ3n) is 1.74. The van der Waals surface area contributed by atoms with Gasteiger partial charge in [-0.25, -0.2) is 0 Å². The summed E-state index contributed by atoms with van der Waals surface area (Å²) in [7, 11) is 0. The van der Waals surface area contributed by atoms with Crippen LogP contribution in [0.5, 0.6) is 0 Å². The van der Waals surface area contributed by atoms with E-state index < -0.39 is 0 Å². The number of amides is 1. The SMILES string of the molecule is N#Cc1ccnc2c1NC(=O)C2. The quantitative estimate of drug-likeness (QED) is 0.597. The largest absolute Gasteiger partial charge is 0.323 e. The Morgan fingerprint density at radius 2 is 2.50 bits per heavy atom. The minimum absolute atomic E-state index is 0.0970. The zero-order chi connectivity index (χ0) is 8.55. The molecular weight excluding hydrogens is 154 g/mol. The van der Waals surface area contributed by atoms with E-state index in [0.29, 0.717) is 16.9 Å². The lowest BCUT2D eigenvalue weighted by molar-refractivity contribution is -0.115. The first-order chi connectivity index (χ1) is 5.81. The molecule has 0 fully saturated rings. The second kappa shape index (κ2) is 2.31. The highest BCUT2D eigenvalue weighted by Crippen LogP contribution is 2.23. The van der Waals surface area contributed by atoms with Gasteiger partial charge < -0.3 is 5.32 Å².